The van der Waals surface area contributed by atoms with Crippen LogP contribution in [0.3, 0.4) is 0 Å². The SMILES string of the molecule is CCCCCc1ccc(-c2ccc(-c3ccc(-c4ccc(C(F)(F)Oc5ccc(F)c(F)c5)c(F)c4)c(F)c3)c(F)c2)cc1. The molecular formula is C36H27F7O. The number of rotatable bonds is 10. The lowest BCUT2D eigenvalue weighted by atomic mass is 9.96. The fourth-order valence-corrected chi connectivity index (χ4v) is 4.95. The maximum Gasteiger partial charge on any atom is 0.429 e. The average Bonchev–Trinajstić information content (AvgIpc) is 2.99. The van der Waals surface area contributed by atoms with E-state index in [1.807, 2.05) is 24.3 Å². The van der Waals surface area contributed by atoms with E-state index >= 15 is 8.78 Å². The summed E-state index contributed by atoms with van der Waals surface area (Å²) in [5.74, 6) is -6.17. The minimum atomic E-state index is -4.24. The highest BCUT2D eigenvalue weighted by Gasteiger charge is 2.38. The number of halogens is 7. The number of unbranched alkanes of at least 4 members (excludes halogenated alkanes) is 2. The second kappa shape index (κ2) is 13.0. The Hall–Kier alpha value is -4.59. The molecule has 0 radical (unpaired) electrons. The first-order valence-corrected chi connectivity index (χ1v) is 14.1. The largest absolute Gasteiger partial charge is 0.429 e. The van der Waals surface area contributed by atoms with Gasteiger partial charge in [-0.1, -0.05) is 74.4 Å². The second-order valence-corrected chi connectivity index (χ2v) is 10.4. The number of hydrogen-bond acceptors (Lipinski definition) is 1. The van der Waals surface area contributed by atoms with Gasteiger partial charge in [0, 0.05) is 17.2 Å². The summed E-state index contributed by atoms with van der Waals surface area (Å²) in [6, 6.07) is 20.8. The van der Waals surface area contributed by atoms with E-state index in [1.54, 1.807) is 12.1 Å². The van der Waals surface area contributed by atoms with Crippen LogP contribution in [-0.4, -0.2) is 0 Å². The molecule has 0 saturated heterocycles. The van der Waals surface area contributed by atoms with Gasteiger partial charge in [-0.05, 0) is 77.1 Å². The molecule has 0 amide bonds. The topological polar surface area (TPSA) is 9.23 Å². The molecule has 0 saturated carbocycles. The Morgan fingerprint density at radius 3 is 1.68 bits per heavy atom. The lowest BCUT2D eigenvalue weighted by molar-refractivity contribution is -0.187. The number of benzene rings is 5. The first-order chi connectivity index (χ1) is 21.1. The normalized spacial score (nSPS) is 11.5. The van der Waals surface area contributed by atoms with Crippen LogP contribution in [0.1, 0.15) is 37.3 Å². The van der Waals surface area contributed by atoms with E-state index in [0.29, 0.717) is 29.8 Å². The summed E-state index contributed by atoms with van der Waals surface area (Å²) < 4.78 is 105. The van der Waals surface area contributed by atoms with Crippen LogP contribution in [0.2, 0.25) is 0 Å². The summed E-state index contributed by atoms with van der Waals surface area (Å²) in [6.45, 7) is 2.15. The molecule has 0 aliphatic heterocycles. The van der Waals surface area contributed by atoms with E-state index in [-0.39, 0.29) is 22.3 Å². The van der Waals surface area contributed by atoms with Crippen LogP contribution in [0.4, 0.5) is 30.7 Å². The van der Waals surface area contributed by atoms with Gasteiger partial charge in [0.2, 0.25) is 0 Å². The van der Waals surface area contributed by atoms with Crippen molar-refractivity contribution in [1.82, 2.24) is 0 Å². The zero-order chi connectivity index (χ0) is 31.4. The Morgan fingerprint density at radius 2 is 1.09 bits per heavy atom. The van der Waals surface area contributed by atoms with Gasteiger partial charge in [0.05, 0.1) is 5.56 Å². The van der Waals surface area contributed by atoms with Gasteiger partial charge in [-0.25, -0.2) is 22.0 Å². The van der Waals surface area contributed by atoms with Gasteiger partial charge in [0.25, 0.3) is 0 Å². The molecule has 0 N–H and O–H groups in total. The van der Waals surface area contributed by atoms with Crippen LogP contribution in [-0.2, 0) is 12.5 Å². The van der Waals surface area contributed by atoms with E-state index in [9.17, 15) is 22.0 Å². The van der Waals surface area contributed by atoms with Gasteiger partial charge in [-0.2, -0.15) is 8.78 Å². The molecule has 5 rings (SSSR count). The van der Waals surface area contributed by atoms with E-state index in [0.717, 1.165) is 49.4 Å². The fourth-order valence-electron chi connectivity index (χ4n) is 4.95. The first-order valence-electron chi connectivity index (χ1n) is 14.1. The van der Waals surface area contributed by atoms with Crippen molar-refractivity contribution >= 4 is 0 Å². The Labute approximate surface area is 250 Å². The lowest BCUT2D eigenvalue weighted by Crippen LogP contribution is -2.23. The molecule has 44 heavy (non-hydrogen) atoms. The molecule has 0 spiro atoms. The fraction of sp³-hybridized carbons (Fsp3) is 0.167. The highest BCUT2D eigenvalue weighted by atomic mass is 19.3. The van der Waals surface area contributed by atoms with E-state index < -0.39 is 46.5 Å². The standard InChI is InChI=1S/C36H27F7O/c1-2-3-4-5-22-6-8-23(9-7-22)24-10-14-28(32(38)18-24)25-11-15-29(33(39)19-25)26-12-16-30(34(40)20-26)36(42,43)44-27-13-17-31(37)35(41)21-27/h6-21H,2-5H2,1H3. The van der Waals surface area contributed by atoms with Crippen LogP contribution < -0.4 is 4.74 Å². The van der Waals surface area contributed by atoms with Gasteiger partial charge in [-0.15, -0.1) is 0 Å². The van der Waals surface area contributed by atoms with Crippen molar-refractivity contribution in [1.29, 1.82) is 0 Å². The molecule has 0 atom stereocenters. The molecule has 226 valence electrons. The van der Waals surface area contributed by atoms with Crippen molar-refractivity contribution in [2.45, 2.75) is 38.7 Å². The van der Waals surface area contributed by atoms with Crippen molar-refractivity contribution in [3.05, 3.63) is 137 Å². The predicted molar refractivity (Wildman–Crippen MR) is 157 cm³/mol. The molecule has 0 heterocycles. The summed E-state index contributed by atoms with van der Waals surface area (Å²) in [7, 11) is 0. The summed E-state index contributed by atoms with van der Waals surface area (Å²) in [5.41, 5.74) is 1.81. The van der Waals surface area contributed by atoms with Crippen molar-refractivity contribution in [2.75, 3.05) is 0 Å². The number of ether oxygens (including phenoxy) is 1. The van der Waals surface area contributed by atoms with Crippen LogP contribution in [0.15, 0.2) is 97.1 Å². The van der Waals surface area contributed by atoms with Crippen molar-refractivity contribution in [2.24, 2.45) is 0 Å². The van der Waals surface area contributed by atoms with Crippen LogP contribution in [0.5, 0.6) is 5.75 Å². The monoisotopic (exact) mass is 608 g/mol. The summed E-state index contributed by atoms with van der Waals surface area (Å²) in [6.07, 6.45) is 0.167. The molecule has 8 heteroatoms. The third-order valence-corrected chi connectivity index (χ3v) is 7.34. The highest BCUT2D eigenvalue weighted by molar-refractivity contribution is 5.74. The summed E-state index contributed by atoms with van der Waals surface area (Å²) >= 11 is 0. The quantitative estimate of drug-likeness (QED) is 0.113. The molecule has 0 aromatic heterocycles. The molecule has 0 aliphatic rings. The first kappa shape index (κ1) is 30.9. The van der Waals surface area contributed by atoms with Crippen molar-refractivity contribution in [3.8, 4) is 39.1 Å². The molecule has 1 nitrogen and oxygen atoms in total. The smallest absolute Gasteiger partial charge is 0.429 e. The molecule has 0 aliphatic carbocycles. The number of hydrogen-bond donors (Lipinski definition) is 0. The van der Waals surface area contributed by atoms with Crippen molar-refractivity contribution < 1.29 is 35.5 Å². The minimum absolute atomic E-state index is 0.0483. The van der Waals surface area contributed by atoms with Gasteiger partial charge < -0.3 is 4.74 Å². The number of alkyl halides is 2. The third-order valence-electron chi connectivity index (χ3n) is 7.34. The molecule has 0 unspecified atom stereocenters. The van der Waals surface area contributed by atoms with Gasteiger partial charge in [0.1, 0.15) is 23.2 Å². The maximum absolute atomic E-state index is 15.2. The third kappa shape index (κ3) is 6.80. The van der Waals surface area contributed by atoms with E-state index in [2.05, 4.69) is 11.7 Å². The Balaban J connectivity index is 1.34. The van der Waals surface area contributed by atoms with Crippen molar-refractivity contribution in [3.63, 3.8) is 0 Å². The average molecular weight is 609 g/mol. The Bertz CT molecular complexity index is 1780. The molecule has 0 bridgehead atoms. The maximum atomic E-state index is 15.2. The van der Waals surface area contributed by atoms with Gasteiger partial charge in [-0.3, -0.25) is 0 Å². The molecule has 0 fully saturated rings. The van der Waals surface area contributed by atoms with Gasteiger partial charge >= 0.3 is 6.11 Å². The van der Waals surface area contributed by atoms with E-state index in [4.69, 9.17) is 0 Å². The highest BCUT2D eigenvalue weighted by Crippen LogP contribution is 2.37. The van der Waals surface area contributed by atoms with E-state index in [1.165, 1.54) is 23.8 Å². The molecular weight excluding hydrogens is 581 g/mol. The van der Waals surface area contributed by atoms with Gasteiger partial charge in [0.15, 0.2) is 11.6 Å². The number of aryl methyl sites for hydroxylation is 1. The summed E-state index contributed by atoms with van der Waals surface area (Å²) in [4.78, 5) is 0. The van der Waals surface area contributed by atoms with Crippen LogP contribution >= 0.6 is 0 Å². The van der Waals surface area contributed by atoms with Crippen LogP contribution in [0, 0.1) is 29.1 Å². The van der Waals surface area contributed by atoms with Crippen LogP contribution in [0.25, 0.3) is 33.4 Å². The minimum Gasteiger partial charge on any atom is -0.429 e. The zero-order valence-electron chi connectivity index (χ0n) is 23.6. The predicted octanol–water partition coefficient (Wildman–Crippen LogP) is 11.2. The Kier molecular flexibility index (Phi) is 9.09. The lowest BCUT2D eigenvalue weighted by Gasteiger charge is -2.19. The Morgan fingerprint density at radius 1 is 0.523 bits per heavy atom. The molecule has 5 aromatic rings. The molecule has 5 aromatic carbocycles. The summed E-state index contributed by atoms with van der Waals surface area (Å²) in [5, 5.41) is 0. The zero-order valence-corrected chi connectivity index (χ0v) is 23.6. The second-order valence-electron chi connectivity index (χ2n) is 10.4.